The van der Waals surface area contributed by atoms with Crippen molar-refractivity contribution in [3.05, 3.63) is 40.5 Å². The maximum Gasteiger partial charge on any atom is 0.227 e. The first kappa shape index (κ1) is 15.9. The molecule has 0 bridgehead atoms. The van der Waals surface area contributed by atoms with Gasteiger partial charge in [0, 0.05) is 19.5 Å². The summed E-state index contributed by atoms with van der Waals surface area (Å²) < 4.78 is 11.3. The van der Waals surface area contributed by atoms with Crippen LogP contribution in [0.2, 0.25) is 0 Å². The number of hydrogen-bond donors (Lipinski definition) is 2. The second-order valence-corrected chi connectivity index (χ2v) is 5.54. The summed E-state index contributed by atoms with van der Waals surface area (Å²) in [5.41, 5.74) is 1.15. The average molecular weight is 356 g/mol. The summed E-state index contributed by atoms with van der Waals surface area (Å²) in [5.74, 6) is 1.31. The standard InChI is InChI=1S/C14H18BrN3O3/c1-10-2-3-13(12(15)6-10)20-8-11(19)7-16-5-4-14-17-9-18-21-14/h2-3,6,9,11,16,19H,4-5,7-8H2,1H3. The van der Waals surface area contributed by atoms with Crippen molar-refractivity contribution in [1.29, 1.82) is 0 Å². The van der Waals surface area contributed by atoms with Gasteiger partial charge in [-0.1, -0.05) is 11.2 Å². The van der Waals surface area contributed by atoms with Crippen molar-refractivity contribution >= 4 is 15.9 Å². The number of benzene rings is 1. The number of aliphatic hydroxyl groups is 1. The van der Waals surface area contributed by atoms with Gasteiger partial charge in [0.25, 0.3) is 0 Å². The van der Waals surface area contributed by atoms with Crippen LogP contribution in [0.1, 0.15) is 11.5 Å². The van der Waals surface area contributed by atoms with Gasteiger partial charge in [0.05, 0.1) is 4.47 Å². The third-order valence-electron chi connectivity index (χ3n) is 2.82. The normalized spacial score (nSPS) is 12.3. The van der Waals surface area contributed by atoms with Gasteiger partial charge in [0.1, 0.15) is 18.5 Å². The third-order valence-corrected chi connectivity index (χ3v) is 3.44. The Bertz CT molecular complexity index is 548. The van der Waals surface area contributed by atoms with E-state index in [1.54, 1.807) is 0 Å². The molecule has 2 rings (SSSR count). The molecule has 0 aliphatic carbocycles. The van der Waals surface area contributed by atoms with Crippen LogP contribution < -0.4 is 10.1 Å². The second kappa shape index (κ2) is 8.11. The summed E-state index contributed by atoms with van der Waals surface area (Å²) in [6.07, 6.45) is 1.43. The Morgan fingerprint density at radius 1 is 1.48 bits per heavy atom. The molecule has 2 N–H and O–H groups in total. The molecule has 0 aliphatic rings. The van der Waals surface area contributed by atoms with Gasteiger partial charge >= 0.3 is 0 Å². The average Bonchev–Trinajstić information content (AvgIpc) is 2.96. The highest BCUT2D eigenvalue weighted by Gasteiger charge is 2.07. The fraction of sp³-hybridized carbons (Fsp3) is 0.429. The molecule has 1 atom stereocenters. The highest BCUT2D eigenvalue weighted by Crippen LogP contribution is 2.25. The minimum Gasteiger partial charge on any atom is -0.490 e. The molecule has 0 radical (unpaired) electrons. The molecular formula is C14H18BrN3O3. The molecule has 6 nitrogen and oxygen atoms in total. The number of aromatic nitrogens is 2. The fourth-order valence-electron chi connectivity index (χ4n) is 1.74. The Hall–Kier alpha value is -1.44. The van der Waals surface area contributed by atoms with Crippen LogP contribution in [-0.2, 0) is 6.42 Å². The van der Waals surface area contributed by atoms with Gasteiger partial charge in [-0.25, -0.2) is 0 Å². The zero-order valence-electron chi connectivity index (χ0n) is 11.8. The molecule has 1 aromatic heterocycles. The Labute approximate surface area is 131 Å². The smallest absolute Gasteiger partial charge is 0.227 e. The van der Waals surface area contributed by atoms with Crippen molar-refractivity contribution in [2.24, 2.45) is 0 Å². The number of aliphatic hydroxyl groups excluding tert-OH is 1. The summed E-state index contributed by atoms with van der Waals surface area (Å²) in [7, 11) is 0. The van der Waals surface area contributed by atoms with E-state index in [0.717, 1.165) is 15.8 Å². The topological polar surface area (TPSA) is 80.4 Å². The molecule has 21 heavy (non-hydrogen) atoms. The summed E-state index contributed by atoms with van der Waals surface area (Å²) >= 11 is 3.44. The molecule has 1 heterocycles. The molecule has 114 valence electrons. The number of ether oxygens (including phenoxy) is 1. The van der Waals surface area contributed by atoms with Crippen LogP contribution in [0.25, 0.3) is 0 Å². The summed E-state index contributed by atoms with van der Waals surface area (Å²) in [4.78, 5) is 3.92. The molecular weight excluding hydrogens is 338 g/mol. The Morgan fingerprint density at radius 3 is 3.05 bits per heavy atom. The van der Waals surface area contributed by atoms with E-state index in [1.807, 2.05) is 25.1 Å². The molecule has 7 heteroatoms. The first-order valence-electron chi connectivity index (χ1n) is 6.68. The fourth-order valence-corrected chi connectivity index (χ4v) is 2.35. The molecule has 0 fully saturated rings. The SMILES string of the molecule is Cc1ccc(OCC(O)CNCCc2ncno2)c(Br)c1. The van der Waals surface area contributed by atoms with Crippen LogP contribution in [-0.4, -0.2) is 41.0 Å². The van der Waals surface area contributed by atoms with Crippen LogP contribution in [0.4, 0.5) is 0 Å². The monoisotopic (exact) mass is 355 g/mol. The molecule has 1 aromatic carbocycles. The second-order valence-electron chi connectivity index (χ2n) is 4.69. The lowest BCUT2D eigenvalue weighted by molar-refractivity contribution is 0.106. The lowest BCUT2D eigenvalue weighted by Crippen LogP contribution is -2.32. The van der Waals surface area contributed by atoms with Gasteiger partial charge in [0.2, 0.25) is 5.89 Å². The van der Waals surface area contributed by atoms with E-state index in [4.69, 9.17) is 9.26 Å². The van der Waals surface area contributed by atoms with Crippen molar-refractivity contribution in [1.82, 2.24) is 15.5 Å². The Kier molecular flexibility index (Phi) is 6.16. The largest absolute Gasteiger partial charge is 0.490 e. The van der Waals surface area contributed by atoms with Crippen molar-refractivity contribution in [2.45, 2.75) is 19.4 Å². The predicted octanol–water partition coefficient (Wildman–Crippen LogP) is 1.71. The first-order chi connectivity index (χ1) is 10.1. The Morgan fingerprint density at radius 2 is 2.33 bits per heavy atom. The van der Waals surface area contributed by atoms with E-state index >= 15 is 0 Å². The quantitative estimate of drug-likeness (QED) is 0.701. The summed E-state index contributed by atoms with van der Waals surface area (Å²) in [6, 6.07) is 5.83. The van der Waals surface area contributed by atoms with Crippen molar-refractivity contribution < 1.29 is 14.4 Å². The minimum absolute atomic E-state index is 0.231. The third kappa shape index (κ3) is 5.45. The van der Waals surface area contributed by atoms with Crippen molar-refractivity contribution in [3.8, 4) is 5.75 Å². The van der Waals surface area contributed by atoms with Crippen molar-refractivity contribution in [3.63, 3.8) is 0 Å². The summed E-state index contributed by atoms with van der Waals surface area (Å²) in [6.45, 7) is 3.34. The minimum atomic E-state index is -0.583. The molecule has 1 unspecified atom stereocenters. The number of hydrogen-bond acceptors (Lipinski definition) is 6. The number of nitrogens with zero attached hydrogens (tertiary/aromatic N) is 2. The van der Waals surface area contributed by atoms with E-state index in [-0.39, 0.29) is 6.61 Å². The molecule has 0 saturated heterocycles. The molecule has 0 saturated carbocycles. The lowest BCUT2D eigenvalue weighted by atomic mass is 10.2. The number of rotatable bonds is 8. The highest BCUT2D eigenvalue weighted by atomic mass is 79.9. The summed E-state index contributed by atoms with van der Waals surface area (Å²) in [5, 5.41) is 16.5. The van der Waals surface area contributed by atoms with E-state index in [0.29, 0.717) is 25.4 Å². The molecule has 0 amide bonds. The van der Waals surface area contributed by atoms with Crippen LogP contribution in [0.5, 0.6) is 5.75 Å². The highest BCUT2D eigenvalue weighted by molar-refractivity contribution is 9.10. The van der Waals surface area contributed by atoms with Crippen LogP contribution in [0.15, 0.2) is 33.5 Å². The van der Waals surface area contributed by atoms with Crippen molar-refractivity contribution in [2.75, 3.05) is 19.7 Å². The van der Waals surface area contributed by atoms with Gasteiger partial charge in [-0.15, -0.1) is 0 Å². The van der Waals surface area contributed by atoms with Gasteiger partial charge in [-0.05, 0) is 40.5 Å². The van der Waals surface area contributed by atoms with Gasteiger partial charge in [-0.3, -0.25) is 0 Å². The number of nitrogens with one attached hydrogen (secondary N) is 1. The molecule has 2 aromatic rings. The van der Waals surface area contributed by atoms with E-state index in [9.17, 15) is 5.11 Å². The number of aryl methyl sites for hydroxylation is 1. The van der Waals surface area contributed by atoms with Crippen LogP contribution in [0, 0.1) is 6.92 Å². The lowest BCUT2D eigenvalue weighted by Gasteiger charge is -2.14. The van der Waals surface area contributed by atoms with Crippen LogP contribution >= 0.6 is 15.9 Å². The van der Waals surface area contributed by atoms with Gasteiger partial charge < -0.3 is 19.7 Å². The predicted molar refractivity (Wildman–Crippen MR) is 81.3 cm³/mol. The number of halogens is 1. The van der Waals surface area contributed by atoms with E-state index in [2.05, 4.69) is 31.4 Å². The van der Waals surface area contributed by atoms with Gasteiger partial charge in [0.15, 0.2) is 6.33 Å². The zero-order valence-corrected chi connectivity index (χ0v) is 13.3. The van der Waals surface area contributed by atoms with E-state index in [1.165, 1.54) is 6.33 Å². The maximum absolute atomic E-state index is 9.86. The van der Waals surface area contributed by atoms with Gasteiger partial charge in [-0.2, -0.15) is 4.98 Å². The molecule has 0 aliphatic heterocycles. The van der Waals surface area contributed by atoms with Crippen LogP contribution in [0.3, 0.4) is 0 Å². The van der Waals surface area contributed by atoms with E-state index < -0.39 is 6.10 Å². The first-order valence-corrected chi connectivity index (χ1v) is 7.47. The zero-order chi connectivity index (χ0) is 15.1. The maximum atomic E-state index is 9.86. The molecule has 0 spiro atoms. The Balaban J connectivity index is 1.64.